The van der Waals surface area contributed by atoms with Gasteiger partial charge in [-0.3, -0.25) is 0 Å². The summed E-state index contributed by atoms with van der Waals surface area (Å²) in [6.45, 7) is 5.68. The molecule has 0 aromatic heterocycles. The first-order valence-electron chi connectivity index (χ1n) is 6.68. The number of carbonyl (C=O) groups is 1. The number of benzene rings is 2. The van der Waals surface area contributed by atoms with Gasteiger partial charge in [0.2, 0.25) is 0 Å². The molecule has 0 amide bonds. The molecule has 2 aromatic carbocycles. The molecule has 110 valence electrons. The molecule has 1 atom stereocenters. The number of carboxylic acids is 1. The molecule has 0 spiro atoms. The first-order chi connectivity index (χ1) is 9.84. The number of anilines is 1. The third-order valence-corrected chi connectivity index (χ3v) is 4.46. The Hall–Kier alpha value is -1.81. The second-order valence-corrected chi connectivity index (χ2v) is 6.19. The first-order valence-corrected chi connectivity index (χ1v) is 7.48. The first kappa shape index (κ1) is 15.6. The highest BCUT2D eigenvalue weighted by atomic mass is 79.9. The highest BCUT2D eigenvalue weighted by Gasteiger charge is 2.35. The number of aliphatic carboxylic acids is 1. The van der Waals surface area contributed by atoms with Crippen molar-refractivity contribution in [1.29, 1.82) is 0 Å². The molecule has 0 fully saturated rings. The number of halogens is 1. The summed E-state index contributed by atoms with van der Waals surface area (Å²) in [7, 11) is 0. The minimum Gasteiger partial charge on any atom is -0.479 e. The van der Waals surface area contributed by atoms with Crippen LogP contribution in [0.5, 0.6) is 0 Å². The number of hydrogen-bond donors (Lipinski definition) is 2. The van der Waals surface area contributed by atoms with E-state index in [4.69, 9.17) is 0 Å². The Morgan fingerprint density at radius 1 is 1.14 bits per heavy atom. The molecule has 1 unspecified atom stereocenters. The van der Waals surface area contributed by atoms with Gasteiger partial charge >= 0.3 is 5.97 Å². The zero-order chi connectivity index (χ0) is 15.6. The summed E-state index contributed by atoms with van der Waals surface area (Å²) in [6, 6.07) is 13.2. The number of aryl methyl sites for hydroxylation is 2. The average molecular weight is 348 g/mol. The van der Waals surface area contributed by atoms with Crippen LogP contribution in [-0.4, -0.2) is 11.1 Å². The summed E-state index contributed by atoms with van der Waals surface area (Å²) in [5.41, 5.74) is 2.51. The van der Waals surface area contributed by atoms with Crippen molar-refractivity contribution in [2.75, 3.05) is 5.32 Å². The van der Waals surface area contributed by atoms with Gasteiger partial charge in [-0.25, -0.2) is 4.79 Å². The van der Waals surface area contributed by atoms with Gasteiger partial charge in [-0.2, -0.15) is 0 Å². The van der Waals surface area contributed by atoms with Crippen molar-refractivity contribution in [2.45, 2.75) is 26.3 Å². The lowest BCUT2D eigenvalue weighted by Gasteiger charge is -2.29. The van der Waals surface area contributed by atoms with Crippen molar-refractivity contribution in [3.8, 4) is 0 Å². The van der Waals surface area contributed by atoms with E-state index in [0.29, 0.717) is 0 Å². The summed E-state index contributed by atoms with van der Waals surface area (Å²) in [5, 5.41) is 12.9. The third kappa shape index (κ3) is 3.10. The molecule has 0 saturated carbocycles. The van der Waals surface area contributed by atoms with Crippen LogP contribution < -0.4 is 5.32 Å². The van der Waals surface area contributed by atoms with Crippen molar-refractivity contribution < 1.29 is 9.90 Å². The molecule has 2 aromatic rings. The smallest absolute Gasteiger partial charge is 0.333 e. The predicted molar refractivity (Wildman–Crippen MR) is 88.7 cm³/mol. The fraction of sp³-hybridized carbons (Fsp3) is 0.235. The summed E-state index contributed by atoms with van der Waals surface area (Å²) in [6.07, 6.45) is 0. The van der Waals surface area contributed by atoms with Crippen LogP contribution in [0.1, 0.15) is 23.6 Å². The fourth-order valence-electron chi connectivity index (χ4n) is 2.13. The molecular weight excluding hydrogens is 330 g/mol. The van der Waals surface area contributed by atoms with Crippen molar-refractivity contribution in [3.63, 3.8) is 0 Å². The van der Waals surface area contributed by atoms with E-state index in [1.54, 1.807) is 6.92 Å². The van der Waals surface area contributed by atoms with Crippen LogP contribution >= 0.6 is 15.9 Å². The molecule has 21 heavy (non-hydrogen) atoms. The van der Waals surface area contributed by atoms with Gasteiger partial charge in [0.25, 0.3) is 0 Å². The maximum atomic E-state index is 11.9. The maximum absolute atomic E-state index is 11.9. The number of hydrogen-bond acceptors (Lipinski definition) is 2. The Balaban J connectivity index is 2.48. The van der Waals surface area contributed by atoms with Crippen molar-refractivity contribution in [1.82, 2.24) is 0 Å². The molecular formula is C17H18BrNO2. The molecule has 4 heteroatoms. The standard InChI is InChI=1S/C17H18BrNO2/c1-11-8-9-13(10-12(11)2)17(3,16(20)21)19-15-7-5-4-6-14(15)18/h4-10,19H,1-3H3,(H,20,21). The lowest BCUT2D eigenvalue weighted by atomic mass is 9.89. The second-order valence-electron chi connectivity index (χ2n) is 5.33. The van der Waals surface area contributed by atoms with Gasteiger partial charge in [0, 0.05) is 10.2 Å². The molecule has 0 aliphatic rings. The number of carboxylic acid groups (broad SMARTS) is 1. The Morgan fingerprint density at radius 3 is 2.38 bits per heavy atom. The van der Waals surface area contributed by atoms with Crippen LogP contribution in [0.25, 0.3) is 0 Å². The van der Waals surface area contributed by atoms with Gasteiger partial charge < -0.3 is 10.4 Å². The fourth-order valence-corrected chi connectivity index (χ4v) is 2.52. The Kier molecular flexibility index (Phi) is 4.37. The quantitative estimate of drug-likeness (QED) is 0.857. The maximum Gasteiger partial charge on any atom is 0.333 e. The summed E-state index contributed by atoms with van der Waals surface area (Å²) < 4.78 is 0.835. The third-order valence-electron chi connectivity index (χ3n) is 3.77. The molecule has 0 heterocycles. The zero-order valence-corrected chi connectivity index (χ0v) is 13.9. The summed E-state index contributed by atoms with van der Waals surface area (Å²) in [4.78, 5) is 11.9. The van der Waals surface area contributed by atoms with Crippen LogP contribution in [-0.2, 0) is 10.3 Å². The van der Waals surface area contributed by atoms with Crippen LogP contribution in [0.3, 0.4) is 0 Å². The minimum absolute atomic E-state index is 0.730. The summed E-state index contributed by atoms with van der Waals surface area (Å²) in [5.74, 6) is -0.915. The molecule has 2 N–H and O–H groups in total. The van der Waals surface area contributed by atoms with Gasteiger partial charge in [-0.05, 0) is 65.5 Å². The van der Waals surface area contributed by atoms with E-state index in [2.05, 4.69) is 21.2 Å². The monoisotopic (exact) mass is 347 g/mol. The molecule has 3 nitrogen and oxygen atoms in total. The van der Waals surface area contributed by atoms with E-state index in [1.807, 2.05) is 56.3 Å². The lowest BCUT2D eigenvalue weighted by molar-refractivity contribution is -0.142. The highest BCUT2D eigenvalue weighted by molar-refractivity contribution is 9.10. The topological polar surface area (TPSA) is 49.3 Å². The number of nitrogens with one attached hydrogen (secondary N) is 1. The minimum atomic E-state index is -1.19. The van der Waals surface area contributed by atoms with Gasteiger partial charge in [0.05, 0.1) is 0 Å². The van der Waals surface area contributed by atoms with Crippen LogP contribution in [0, 0.1) is 13.8 Å². The normalized spacial score (nSPS) is 13.5. The Labute approximate surface area is 133 Å². The van der Waals surface area contributed by atoms with E-state index in [0.717, 1.165) is 26.9 Å². The van der Waals surface area contributed by atoms with Gasteiger partial charge in [0.15, 0.2) is 5.54 Å². The van der Waals surface area contributed by atoms with Gasteiger partial charge in [-0.1, -0.05) is 30.3 Å². The molecule has 0 bridgehead atoms. The van der Waals surface area contributed by atoms with Crippen LogP contribution in [0.4, 0.5) is 5.69 Å². The zero-order valence-electron chi connectivity index (χ0n) is 12.3. The molecule has 0 aliphatic heterocycles. The number of para-hydroxylation sites is 1. The van der Waals surface area contributed by atoms with Gasteiger partial charge in [-0.15, -0.1) is 0 Å². The van der Waals surface area contributed by atoms with Crippen molar-refractivity contribution in [2.24, 2.45) is 0 Å². The van der Waals surface area contributed by atoms with Gasteiger partial charge in [0.1, 0.15) is 0 Å². The van der Waals surface area contributed by atoms with E-state index in [1.165, 1.54) is 0 Å². The van der Waals surface area contributed by atoms with E-state index in [-0.39, 0.29) is 0 Å². The molecule has 0 aliphatic carbocycles. The SMILES string of the molecule is Cc1ccc(C(C)(Nc2ccccc2Br)C(=O)O)cc1C. The second kappa shape index (κ2) is 5.90. The molecule has 0 saturated heterocycles. The summed E-state index contributed by atoms with van der Waals surface area (Å²) >= 11 is 3.44. The Bertz CT molecular complexity index is 684. The van der Waals surface area contributed by atoms with Crippen LogP contribution in [0.15, 0.2) is 46.9 Å². The Morgan fingerprint density at radius 2 is 1.81 bits per heavy atom. The lowest BCUT2D eigenvalue weighted by Crippen LogP contribution is -2.40. The molecule has 0 radical (unpaired) electrons. The van der Waals surface area contributed by atoms with E-state index in [9.17, 15) is 9.90 Å². The van der Waals surface area contributed by atoms with Crippen LogP contribution in [0.2, 0.25) is 0 Å². The number of rotatable bonds is 4. The van der Waals surface area contributed by atoms with Crippen molar-refractivity contribution in [3.05, 3.63) is 63.6 Å². The molecule has 2 rings (SSSR count). The largest absolute Gasteiger partial charge is 0.479 e. The van der Waals surface area contributed by atoms with E-state index >= 15 is 0 Å². The van der Waals surface area contributed by atoms with Crippen molar-refractivity contribution >= 4 is 27.6 Å². The predicted octanol–water partition coefficient (Wildman–Crippen LogP) is 4.48. The van der Waals surface area contributed by atoms with E-state index < -0.39 is 11.5 Å². The highest BCUT2D eigenvalue weighted by Crippen LogP contribution is 2.31. The average Bonchev–Trinajstić information content (AvgIpc) is 2.44.